The summed E-state index contributed by atoms with van der Waals surface area (Å²) in [6, 6.07) is 23.1. The number of unbranched alkanes of at least 4 members (excludes halogenated alkanes) is 1. The summed E-state index contributed by atoms with van der Waals surface area (Å²) in [7, 11) is 1.63. The fourth-order valence-electron chi connectivity index (χ4n) is 3.31. The average molecular weight is 447 g/mol. The van der Waals surface area contributed by atoms with Gasteiger partial charge in [0.15, 0.2) is 5.13 Å². The van der Waals surface area contributed by atoms with Gasteiger partial charge in [-0.1, -0.05) is 55.0 Å². The molecule has 0 aliphatic carbocycles. The number of rotatable bonds is 9. The predicted octanol–water partition coefficient (Wildman–Crippen LogP) is 6.33. The van der Waals surface area contributed by atoms with Crippen LogP contribution in [0.5, 0.6) is 11.5 Å². The standard InChI is InChI=1S/C26H26N2O3S/c1-3-4-16-31-21-12-10-20(11-13-21)25(29)28(18-19-8-6-5-7-9-19)26-27-23-17-22(30-2)14-15-24(23)32-26/h5-15,17H,3-4,16,18H2,1-2H3. The summed E-state index contributed by atoms with van der Waals surface area (Å²) in [6.07, 6.45) is 2.09. The second kappa shape index (κ2) is 10.3. The van der Waals surface area contributed by atoms with Crippen LogP contribution < -0.4 is 14.4 Å². The number of aromatic nitrogens is 1. The molecule has 1 heterocycles. The molecule has 32 heavy (non-hydrogen) atoms. The number of methoxy groups -OCH3 is 1. The summed E-state index contributed by atoms with van der Waals surface area (Å²) in [6.45, 7) is 3.25. The van der Waals surface area contributed by atoms with Gasteiger partial charge in [0, 0.05) is 11.6 Å². The van der Waals surface area contributed by atoms with Gasteiger partial charge in [0.25, 0.3) is 5.91 Å². The van der Waals surface area contributed by atoms with E-state index in [0.717, 1.165) is 40.1 Å². The lowest BCUT2D eigenvalue weighted by molar-refractivity contribution is 0.0985. The van der Waals surface area contributed by atoms with Gasteiger partial charge in [-0.2, -0.15) is 0 Å². The quantitative estimate of drug-likeness (QED) is 0.282. The Kier molecular flexibility index (Phi) is 7.02. The Hall–Kier alpha value is -3.38. The maximum absolute atomic E-state index is 13.5. The van der Waals surface area contributed by atoms with Crippen LogP contribution in [-0.4, -0.2) is 24.6 Å². The number of anilines is 1. The summed E-state index contributed by atoms with van der Waals surface area (Å²) < 4.78 is 12.1. The Balaban J connectivity index is 1.64. The van der Waals surface area contributed by atoms with Crippen LogP contribution in [0.15, 0.2) is 72.8 Å². The summed E-state index contributed by atoms with van der Waals surface area (Å²) in [4.78, 5) is 20.0. The minimum absolute atomic E-state index is 0.0972. The van der Waals surface area contributed by atoms with Crippen molar-refractivity contribution in [2.75, 3.05) is 18.6 Å². The summed E-state index contributed by atoms with van der Waals surface area (Å²) in [5.74, 6) is 1.42. The Morgan fingerprint density at radius 3 is 2.47 bits per heavy atom. The smallest absolute Gasteiger partial charge is 0.260 e. The van der Waals surface area contributed by atoms with E-state index in [2.05, 4.69) is 6.92 Å². The third-order valence-corrected chi connectivity index (χ3v) is 6.17. The van der Waals surface area contributed by atoms with Crippen molar-refractivity contribution < 1.29 is 14.3 Å². The van der Waals surface area contributed by atoms with Crippen LogP contribution in [0.4, 0.5) is 5.13 Å². The van der Waals surface area contributed by atoms with Crippen molar-refractivity contribution in [2.45, 2.75) is 26.3 Å². The number of thiazole rings is 1. The van der Waals surface area contributed by atoms with Gasteiger partial charge in [0.1, 0.15) is 11.5 Å². The SMILES string of the molecule is CCCCOc1ccc(C(=O)N(Cc2ccccc2)c2nc3cc(OC)ccc3s2)cc1. The van der Waals surface area contributed by atoms with Crippen molar-refractivity contribution in [3.8, 4) is 11.5 Å². The van der Waals surface area contributed by atoms with E-state index in [1.54, 1.807) is 12.0 Å². The summed E-state index contributed by atoms with van der Waals surface area (Å²) in [5, 5.41) is 0.658. The molecular formula is C26H26N2O3S. The zero-order chi connectivity index (χ0) is 22.3. The maximum atomic E-state index is 13.5. The highest BCUT2D eigenvalue weighted by atomic mass is 32.1. The van der Waals surface area contributed by atoms with Crippen molar-refractivity contribution in [1.29, 1.82) is 0 Å². The van der Waals surface area contributed by atoms with Crippen molar-refractivity contribution in [1.82, 2.24) is 4.98 Å². The number of carbonyl (C=O) groups is 1. The van der Waals surface area contributed by atoms with Gasteiger partial charge in [0.2, 0.25) is 0 Å². The third-order valence-electron chi connectivity index (χ3n) is 5.11. The van der Waals surface area contributed by atoms with E-state index in [1.807, 2.05) is 72.8 Å². The van der Waals surface area contributed by atoms with Gasteiger partial charge in [-0.25, -0.2) is 4.98 Å². The average Bonchev–Trinajstić information content (AvgIpc) is 3.26. The molecule has 0 saturated heterocycles. The van der Waals surface area contributed by atoms with E-state index < -0.39 is 0 Å². The van der Waals surface area contributed by atoms with Gasteiger partial charge in [-0.3, -0.25) is 9.69 Å². The zero-order valence-corrected chi connectivity index (χ0v) is 19.1. The molecule has 4 aromatic rings. The number of hydrogen-bond donors (Lipinski definition) is 0. The summed E-state index contributed by atoms with van der Waals surface area (Å²) >= 11 is 1.50. The highest BCUT2D eigenvalue weighted by Gasteiger charge is 2.22. The number of benzene rings is 3. The number of carbonyl (C=O) groups excluding carboxylic acids is 1. The van der Waals surface area contributed by atoms with Crippen LogP contribution in [0.3, 0.4) is 0 Å². The van der Waals surface area contributed by atoms with Crippen molar-refractivity contribution in [3.63, 3.8) is 0 Å². The van der Waals surface area contributed by atoms with Gasteiger partial charge in [0.05, 0.1) is 30.5 Å². The molecule has 0 radical (unpaired) electrons. The molecule has 6 heteroatoms. The number of amides is 1. The molecular weight excluding hydrogens is 420 g/mol. The van der Waals surface area contributed by atoms with Crippen LogP contribution in [-0.2, 0) is 6.54 Å². The Labute approximate surface area is 192 Å². The van der Waals surface area contributed by atoms with Gasteiger partial charge >= 0.3 is 0 Å². The first-order valence-corrected chi connectivity index (χ1v) is 11.5. The molecule has 0 saturated carbocycles. The molecule has 5 nitrogen and oxygen atoms in total. The van der Waals surface area contributed by atoms with Gasteiger partial charge < -0.3 is 9.47 Å². The molecule has 0 N–H and O–H groups in total. The molecule has 0 bridgehead atoms. The molecule has 3 aromatic carbocycles. The Morgan fingerprint density at radius 1 is 1.00 bits per heavy atom. The Bertz CT molecular complexity index is 1170. The lowest BCUT2D eigenvalue weighted by Crippen LogP contribution is -2.30. The highest BCUT2D eigenvalue weighted by Crippen LogP contribution is 2.33. The minimum Gasteiger partial charge on any atom is -0.497 e. The monoisotopic (exact) mass is 446 g/mol. The van der Waals surface area contributed by atoms with Crippen molar-refractivity contribution in [3.05, 3.63) is 83.9 Å². The van der Waals surface area contributed by atoms with Crippen LogP contribution in [0.25, 0.3) is 10.2 Å². The van der Waals surface area contributed by atoms with Crippen LogP contribution in [0.1, 0.15) is 35.7 Å². The van der Waals surface area contributed by atoms with E-state index in [4.69, 9.17) is 14.5 Å². The largest absolute Gasteiger partial charge is 0.497 e. The molecule has 164 valence electrons. The molecule has 0 atom stereocenters. The number of fused-ring (bicyclic) bond motifs is 1. The zero-order valence-electron chi connectivity index (χ0n) is 18.3. The molecule has 0 fully saturated rings. The van der Waals surface area contributed by atoms with Crippen molar-refractivity contribution in [2.24, 2.45) is 0 Å². The highest BCUT2D eigenvalue weighted by molar-refractivity contribution is 7.22. The van der Waals surface area contributed by atoms with Crippen LogP contribution in [0.2, 0.25) is 0 Å². The van der Waals surface area contributed by atoms with Gasteiger partial charge in [-0.05, 0) is 48.4 Å². The second-order valence-corrected chi connectivity index (χ2v) is 8.44. The van der Waals surface area contributed by atoms with Gasteiger partial charge in [-0.15, -0.1) is 0 Å². The topological polar surface area (TPSA) is 51.7 Å². The Morgan fingerprint density at radius 2 is 1.75 bits per heavy atom. The molecule has 0 aliphatic rings. The fraction of sp³-hybridized carbons (Fsp3) is 0.231. The fourth-order valence-corrected chi connectivity index (χ4v) is 4.26. The van der Waals surface area contributed by atoms with Crippen LogP contribution in [0, 0.1) is 0 Å². The molecule has 0 spiro atoms. The number of nitrogens with zero attached hydrogens (tertiary/aromatic N) is 2. The normalized spacial score (nSPS) is 10.8. The second-order valence-electron chi connectivity index (χ2n) is 7.43. The first-order chi connectivity index (χ1) is 15.7. The van der Waals surface area contributed by atoms with E-state index in [-0.39, 0.29) is 5.91 Å². The first-order valence-electron chi connectivity index (χ1n) is 10.7. The maximum Gasteiger partial charge on any atom is 0.260 e. The van der Waals surface area contributed by atoms with E-state index >= 15 is 0 Å². The molecule has 1 aromatic heterocycles. The summed E-state index contributed by atoms with van der Waals surface area (Å²) in [5.41, 5.74) is 2.45. The number of ether oxygens (including phenoxy) is 2. The predicted molar refractivity (Wildman–Crippen MR) is 130 cm³/mol. The van der Waals surface area contributed by atoms with Crippen LogP contribution >= 0.6 is 11.3 Å². The molecule has 4 rings (SSSR count). The van der Waals surface area contributed by atoms with E-state index in [9.17, 15) is 4.79 Å². The molecule has 0 aliphatic heterocycles. The molecule has 1 amide bonds. The molecule has 0 unspecified atom stereocenters. The lowest BCUT2D eigenvalue weighted by Gasteiger charge is -2.20. The third kappa shape index (κ3) is 5.08. The number of hydrogen-bond acceptors (Lipinski definition) is 5. The van der Waals surface area contributed by atoms with E-state index in [0.29, 0.717) is 23.8 Å². The lowest BCUT2D eigenvalue weighted by atomic mass is 10.1. The van der Waals surface area contributed by atoms with E-state index in [1.165, 1.54) is 11.3 Å². The minimum atomic E-state index is -0.0972. The first kappa shape index (κ1) is 21.8. The van der Waals surface area contributed by atoms with Crippen molar-refractivity contribution >= 4 is 32.6 Å².